The Morgan fingerprint density at radius 3 is 2.62 bits per heavy atom. The first-order valence-corrected chi connectivity index (χ1v) is 8.03. The van der Waals surface area contributed by atoms with Gasteiger partial charge in [-0.3, -0.25) is 10.1 Å². The topological polar surface area (TPSA) is 107 Å². The van der Waals surface area contributed by atoms with E-state index in [1.165, 1.54) is 22.8 Å². The summed E-state index contributed by atoms with van der Waals surface area (Å²) in [5.41, 5.74) is 1.30. The highest BCUT2D eigenvalue weighted by Crippen LogP contribution is 2.40. The monoisotopic (exact) mass is 355 g/mol. The lowest BCUT2D eigenvalue weighted by molar-refractivity contribution is -0.384. The number of benzene rings is 2. The third kappa shape index (κ3) is 3.34. The van der Waals surface area contributed by atoms with Crippen molar-refractivity contribution in [2.24, 2.45) is 5.18 Å². The van der Waals surface area contributed by atoms with Gasteiger partial charge < -0.3 is 14.4 Å². The van der Waals surface area contributed by atoms with Crippen molar-refractivity contribution < 1.29 is 14.8 Å². The zero-order valence-corrected chi connectivity index (χ0v) is 14.1. The molecule has 0 amide bonds. The average molecular weight is 355 g/mol. The molecule has 8 nitrogen and oxygen atoms in total. The highest BCUT2D eigenvalue weighted by molar-refractivity contribution is 5.96. The Hall–Kier alpha value is -3.42. The molecule has 0 radical (unpaired) electrons. The molecular weight excluding hydrogens is 338 g/mol. The number of hydrogen-bond acceptors (Lipinski definition) is 6. The molecule has 0 saturated heterocycles. The smallest absolute Gasteiger partial charge is 0.270 e. The Morgan fingerprint density at radius 1 is 1.23 bits per heavy atom. The predicted molar refractivity (Wildman–Crippen MR) is 97.0 cm³/mol. The van der Waals surface area contributed by atoms with Gasteiger partial charge in [0.2, 0.25) is 5.88 Å². The number of ether oxygens (including phenoxy) is 1. The largest absolute Gasteiger partial charge is 0.494 e. The molecule has 1 aromatic heterocycles. The molecule has 0 atom stereocenters. The van der Waals surface area contributed by atoms with Gasteiger partial charge in [-0.05, 0) is 36.7 Å². The maximum Gasteiger partial charge on any atom is 0.270 e. The van der Waals surface area contributed by atoms with Crippen LogP contribution in [-0.4, -0.2) is 21.2 Å². The lowest BCUT2D eigenvalue weighted by Gasteiger charge is -2.09. The molecule has 0 fully saturated rings. The third-order valence-electron chi connectivity index (χ3n) is 4.11. The van der Waals surface area contributed by atoms with Crippen LogP contribution in [0.4, 0.5) is 11.4 Å². The minimum Gasteiger partial charge on any atom is -0.494 e. The van der Waals surface area contributed by atoms with E-state index in [2.05, 4.69) is 5.18 Å². The van der Waals surface area contributed by atoms with Gasteiger partial charge in [-0.2, -0.15) is 0 Å². The van der Waals surface area contributed by atoms with E-state index in [9.17, 15) is 20.1 Å². The van der Waals surface area contributed by atoms with E-state index in [-0.39, 0.29) is 22.6 Å². The first kappa shape index (κ1) is 17.4. The van der Waals surface area contributed by atoms with E-state index in [0.29, 0.717) is 25.1 Å². The van der Waals surface area contributed by atoms with E-state index in [4.69, 9.17) is 4.74 Å². The number of nitroso groups, excluding NO2 is 1. The highest BCUT2D eigenvalue weighted by Gasteiger charge is 2.20. The Labute approximate surface area is 148 Å². The van der Waals surface area contributed by atoms with Gasteiger partial charge >= 0.3 is 0 Å². The van der Waals surface area contributed by atoms with Crippen LogP contribution in [0.5, 0.6) is 11.6 Å². The van der Waals surface area contributed by atoms with E-state index < -0.39 is 4.92 Å². The van der Waals surface area contributed by atoms with Crippen molar-refractivity contribution in [2.45, 2.75) is 19.9 Å². The number of nitro benzene ring substituents is 1. The summed E-state index contributed by atoms with van der Waals surface area (Å²) in [5, 5.41) is 24.2. The van der Waals surface area contributed by atoms with Gasteiger partial charge in [0.15, 0.2) is 5.69 Å². The first-order chi connectivity index (χ1) is 12.5. The summed E-state index contributed by atoms with van der Waals surface area (Å²) in [5.74, 6) is 0.453. The van der Waals surface area contributed by atoms with Crippen molar-refractivity contribution in [2.75, 3.05) is 6.61 Å². The molecule has 0 aliphatic carbocycles. The molecule has 8 heteroatoms. The number of nitro groups is 1. The lowest BCUT2D eigenvalue weighted by Crippen LogP contribution is -2.04. The normalized spacial score (nSPS) is 10.8. The SMILES string of the molecule is Cc1ccc(OCCCn2c(O)c(N=O)c3cc([N+](=O)[O-])ccc32)cc1. The Morgan fingerprint density at radius 2 is 1.96 bits per heavy atom. The number of aromatic nitrogens is 1. The zero-order chi connectivity index (χ0) is 18.7. The molecule has 0 spiro atoms. The molecule has 0 unspecified atom stereocenters. The second-order valence-corrected chi connectivity index (χ2v) is 5.89. The fourth-order valence-corrected chi connectivity index (χ4v) is 2.79. The Kier molecular flexibility index (Phi) is 4.83. The minimum atomic E-state index is -0.558. The summed E-state index contributed by atoms with van der Waals surface area (Å²) in [6.07, 6.45) is 0.570. The van der Waals surface area contributed by atoms with Crippen LogP contribution in [-0.2, 0) is 6.54 Å². The highest BCUT2D eigenvalue weighted by atomic mass is 16.6. The predicted octanol–water partition coefficient (Wildman–Crippen LogP) is 4.43. The van der Waals surface area contributed by atoms with E-state index in [1.807, 2.05) is 31.2 Å². The van der Waals surface area contributed by atoms with Gasteiger partial charge in [0.25, 0.3) is 5.69 Å². The van der Waals surface area contributed by atoms with Crippen molar-refractivity contribution in [3.63, 3.8) is 0 Å². The number of hydrogen-bond donors (Lipinski definition) is 1. The van der Waals surface area contributed by atoms with Crippen LogP contribution < -0.4 is 4.74 Å². The molecule has 1 N–H and O–H groups in total. The Balaban J connectivity index is 1.76. The second-order valence-electron chi connectivity index (χ2n) is 5.89. The number of fused-ring (bicyclic) bond motifs is 1. The summed E-state index contributed by atoms with van der Waals surface area (Å²) in [6.45, 7) is 2.78. The molecule has 2 aromatic carbocycles. The summed E-state index contributed by atoms with van der Waals surface area (Å²) in [7, 11) is 0. The van der Waals surface area contributed by atoms with Gasteiger partial charge in [-0.25, -0.2) is 0 Å². The number of aryl methyl sites for hydroxylation is 2. The van der Waals surface area contributed by atoms with E-state index in [1.54, 1.807) is 0 Å². The quantitative estimate of drug-likeness (QED) is 0.292. The van der Waals surface area contributed by atoms with Crippen molar-refractivity contribution in [1.29, 1.82) is 0 Å². The van der Waals surface area contributed by atoms with Crippen LogP contribution in [0.2, 0.25) is 0 Å². The molecule has 1 heterocycles. The maximum absolute atomic E-state index is 11.1. The average Bonchev–Trinajstić information content (AvgIpc) is 2.90. The van der Waals surface area contributed by atoms with Crippen LogP contribution in [0, 0.1) is 21.9 Å². The standard InChI is InChI=1S/C18H17N3O5/c1-12-3-6-14(7-4-12)26-10-2-9-20-16-8-5-13(21(24)25)11-15(16)17(19-23)18(20)22/h3-8,11,22H,2,9-10H2,1H3. The molecule has 0 saturated carbocycles. The number of aromatic hydroxyl groups is 1. The van der Waals surface area contributed by atoms with Crippen LogP contribution >= 0.6 is 0 Å². The zero-order valence-electron chi connectivity index (χ0n) is 14.1. The molecule has 0 bridgehead atoms. The van der Waals surface area contributed by atoms with E-state index in [0.717, 1.165) is 11.3 Å². The van der Waals surface area contributed by atoms with Crippen LogP contribution in [0.1, 0.15) is 12.0 Å². The molecule has 134 valence electrons. The van der Waals surface area contributed by atoms with Crippen molar-refractivity contribution in [3.8, 4) is 11.6 Å². The summed E-state index contributed by atoms with van der Waals surface area (Å²) in [4.78, 5) is 21.4. The van der Waals surface area contributed by atoms with Gasteiger partial charge in [0, 0.05) is 24.1 Å². The number of rotatable bonds is 7. The van der Waals surface area contributed by atoms with Crippen molar-refractivity contribution >= 4 is 22.3 Å². The van der Waals surface area contributed by atoms with Crippen LogP contribution in [0.15, 0.2) is 47.6 Å². The first-order valence-electron chi connectivity index (χ1n) is 8.03. The van der Waals surface area contributed by atoms with Crippen molar-refractivity contribution in [3.05, 3.63) is 63.0 Å². The molecule has 0 aliphatic rings. The fourth-order valence-electron chi connectivity index (χ4n) is 2.79. The number of non-ortho nitro benzene ring substituents is 1. The molecule has 3 rings (SSSR count). The van der Waals surface area contributed by atoms with Gasteiger partial charge in [0.05, 0.1) is 17.0 Å². The molecule has 0 aliphatic heterocycles. The number of nitrogens with zero attached hydrogens (tertiary/aromatic N) is 3. The molecule has 3 aromatic rings. The van der Waals surface area contributed by atoms with Gasteiger partial charge in [0.1, 0.15) is 5.75 Å². The van der Waals surface area contributed by atoms with Crippen LogP contribution in [0.3, 0.4) is 0 Å². The summed E-state index contributed by atoms with van der Waals surface area (Å²) < 4.78 is 7.16. The second kappa shape index (κ2) is 7.22. The summed E-state index contributed by atoms with van der Waals surface area (Å²) >= 11 is 0. The maximum atomic E-state index is 11.1. The third-order valence-corrected chi connectivity index (χ3v) is 4.11. The van der Waals surface area contributed by atoms with Gasteiger partial charge in [-0.15, -0.1) is 4.91 Å². The van der Waals surface area contributed by atoms with Crippen LogP contribution in [0.25, 0.3) is 10.9 Å². The fraction of sp³-hybridized carbons (Fsp3) is 0.222. The lowest BCUT2D eigenvalue weighted by atomic mass is 10.2. The van der Waals surface area contributed by atoms with E-state index >= 15 is 0 Å². The molecular formula is C18H17N3O5. The Bertz CT molecular complexity index is 963. The summed E-state index contributed by atoms with van der Waals surface area (Å²) in [6, 6.07) is 11.7. The molecule has 26 heavy (non-hydrogen) atoms. The van der Waals surface area contributed by atoms with Crippen molar-refractivity contribution in [1.82, 2.24) is 4.57 Å². The minimum absolute atomic E-state index is 0.165. The van der Waals surface area contributed by atoms with Gasteiger partial charge in [-0.1, -0.05) is 17.7 Å².